The van der Waals surface area contributed by atoms with E-state index in [4.69, 9.17) is 28.4 Å². The van der Waals surface area contributed by atoms with E-state index in [1.54, 1.807) is 20.3 Å². The van der Waals surface area contributed by atoms with Gasteiger partial charge in [-0.2, -0.15) is 0 Å². The predicted octanol–water partition coefficient (Wildman–Crippen LogP) is 7.62. The summed E-state index contributed by atoms with van der Waals surface area (Å²) in [5, 5.41) is 6.73. The summed E-state index contributed by atoms with van der Waals surface area (Å²) in [6.07, 6.45) is 2.69. The molecule has 4 aliphatic rings. The number of nitrogens with one attached hydrogen (secondary N) is 2. The van der Waals surface area contributed by atoms with E-state index >= 15 is 0 Å². The van der Waals surface area contributed by atoms with Crippen molar-refractivity contribution in [1.82, 2.24) is 15.1 Å². The molecular weight excluding hydrogens is 937 g/mol. The fraction of sp³-hybridized carbons (Fsp3) is 0.441. The average Bonchev–Trinajstić information content (AvgIpc) is 3.60. The van der Waals surface area contributed by atoms with Gasteiger partial charge >= 0.3 is 0 Å². The molecule has 9 rings (SSSR count). The summed E-state index contributed by atoms with van der Waals surface area (Å²) < 4.78 is 36.1. The molecule has 2 N–H and O–H groups in total. The zero-order chi connectivity index (χ0) is 51.6. The monoisotopic (exact) mass is 1010 g/mol. The molecule has 5 aromatic rings. The summed E-state index contributed by atoms with van der Waals surface area (Å²) in [5.74, 6) is 1.84. The first-order chi connectivity index (χ1) is 36.1. The smallest absolute Gasteiger partial charge is 0.256 e. The highest BCUT2D eigenvalue weighted by molar-refractivity contribution is 6.02. The third kappa shape index (κ3) is 12.3. The minimum Gasteiger partial charge on any atom is -0.493 e. The molecule has 392 valence electrons. The standard InChI is InChI=1S/C59H72N6O9/c1-6-60-34-50(66)16-11-17-63(18-19-71-22-23-72-21-20-69-4)47-26-41(38-73-55-32-54-52(24-40(55)2)59(68)65-36-46-15-10-8-13-44(46)29-49(65)37-62(54)3)25-42(27-47)39-74-57-31-53-51(30-56(57)70-5)58(67)64-35-45-14-9-7-12-43(45)28-48(64)33-61-53/h7-10,12-15,24-27,30-32,48-49,60-61H,6,11,16-23,28-29,33-39H2,1-5H3/t48-,49-/m0/s1. The molecule has 2 amide bonds. The van der Waals surface area contributed by atoms with Crippen molar-refractivity contribution >= 4 is 34.7 Å². The molecule has 0 saturated heterocycles. The number of anilines is 3. The Balaban J connectivity index is 0.976. The minimum absolute atomic E-state index is 0.0102. The molecule has 0 aliphatic carbocycles. The lowest BCUT2D eigenvalue weighted by molar-refractivity contribution is -0.118. The van der Waals surface area contributed by atoms with Crippen LogP contribution in [0.15, 0.2) is 91.0 Å². The second-order valence-electron chi connectivity index (χ2n) is 19.8. The summed E-state index contributed by atoms with van der Waals surface area (Å²) in [6.45, 7) is 11.5. The van der Waals surface area contributed by atoms with Crippen LogP contribution >= 0.6 is 0 Å². The highest BCUT2D eigenvalue weighted by Gasteiger charge is 2.37. The number of hydrogen-bond donors (Lipinski definition) is 2. The molecule has 4 heterocycles. The lowest BCUT2D eigenvalue weighted by Gasteiger charge is -2.36. The maximum atomic E-state index is 14.3. The first-order valence-corrected chi connectivity index (χ1v) is 26.2. The summed E-state index contributed by atoms with van der Waals surface area (Å²) in [7, 11) is 5.30. The summed E-state index contributed by atoms with van der Waals surface area (Å²) in [4.78, 5) is 49.8. The van der Waals surface area contributed by atoms with Crippen LogP contribution in [0.1, 0.15) is 79.4 Å². The second-order valence-corrected chi connectivity index (χ2v) is 19.8. The Morgan fingerprint density at radius 1 is 0.716 bits per heavy atom. The number of likely N-dealkylation sites (N-methyl/N-ethyl adjacent to an activating group) is 2. The van der Waals surface area contributed by atoms with Gasteiger partial charge in [-0.05, 0) is 102 Å². The van der Waals surface area contributed by atoms with Gasteiger partial charge in [-0.15, -0.1) is 0 Å². The van der Waals surface area contributed by atoms with Crippen molar-refractivity contribution in [3.8, 4) is 17.2 Å². The molecule has 0 radical (unpaired) electrons. The maximum Gasteiger partial charge on any atom is 0.256 e. The lowest BCUT2D eigenvalue weighted by Crippen LogP contribution is -2.47. The quantitative estimate of drug-likeness (QED) is 0.0586. The Morgan fingerprint density at radius 2 is 1.35 bits per heavy atom. The van der Waals surface area contributed by atoms with Gasteiger partial charge in [0.1, 0.15) is 24.7 Å². The van der Waals surface area contributed by atoms with Crippen LogP contribution in [0.3, 0.4) is 0 Å². The summed E-state index contributed by atoms with van der Waals surface area (Å²) in [5.41, 5.74) is 11.3. The number of carbonyl (C=O) groups excluding carboxylic acids is 3. The van der Waals surface area contributed by atoms with E-state index in [1.165, 1.54) is 22.3 Å². The number of hydrogen-bond acceptors (Lipinski definition) is 13. The van der Waals surface area contributed by atoms with Gasteiger partial charge in [0.15, 0.2) is 11.5 Å². The van der Waals surface area contributed by atoms with Crippen molar-refractivity contribution in [2.75, 3.05) is 109 Å². The van der Waals surface area contributed by atoms with Gasteiger partial charge in [-0.25, -0.2) is 0 Å². The third-order valence-corrected chi connectivity index (χ3v) is 14.7. The SMILES string of the molecule is CCNCC(=O)CCCN(CCOCCOCCOC)c1cc(COc2cc3c(cc2C)C(=O)N2Cc4ccccc4C[C@H]2CN3C)cc(COc2cc3c(cc2OC)C(=O)N2Cc4ccccc4C[C@H]2CN3)c1. The van der Waals surface area contributed by atoms with E-state index < -0.39 is 0 Å². The van der Waals surface area contributed by atoms with Gasteiger partial charge in [0.2, 0.25) is 0 Å². The predicted molar refractivity (Wildman–Crippen MR) is 287 cm³/mol. The zero-order valence-electron chi connectivity index (χ0n) is 43.7. The van der Waals surface area contributed by atoms with Crippen molar-refractivity contribution in [3.05, 3.63) is 141 Å². The number of fused-ring (bicyclic) bond motifs is 6. The van der Waals surface area contributed by atoms with Gasteiger partial charge in [-0.1, -0.05) is 55.5 Å². The highest BCUT2D eigenvalue weighted by atomic mass is 16.5. The number of Topliss-reactive ketones (excluding diaryl/α,β-unsaturated/α-hetero) is 1. The molecule has 0 spiro atoms. The lowest BCUT2D eigenvalue weighted by atomic mass is 9.93. The number of methoxy groups -OCH3 is 2. The number of carbonyl (C=O) groups is 3. The van der Waals surface area contributed by atoms with E-state index in [0.717, 1.165) is 47.5 Å². The van der Waals surface area contributed by atoms with Crippen molar-refractivity contribution in [2.45, 2.75) is 77.9 Å². The molecule has 0 bridgehead atoms. The number of aryl methyl sites for hydroxylation is 1. The van der Waals surface area contributed by atoms with E-state index in [2.05, 4.69) is 82.1 Å². The number of ether oxygens (including phenoxy) is 6. The van der Waals surface area contributed by atoms with Gasteiger partial charge in [0, 0.05) is 77.7 Å². The Bertz CT molecular complexity index is 2790. The fourth-order valence-electron chi connectivity index (χ4n) is 10.7. The molecule has 0 unspecified atom stereocenters. The largest absolute Gasteiger partial charge is 0.493 e. The van der Waals surface area contributed by atoms with Crippen LogP contribution in [0.2, 0.25) is 0 Å². The number of amides is 2. The van der Waals surface area contributed by atoms with Crippen molar-refractivity contribution in [2.24, 2.45) is 0 Å². The van der Waals surface area contributed by atoms with Gasteiger partial charge in [0.05, 0.1) is 81.3 Å². The number of nitrogens with zero attached hydrogens (tertiary/aromatic N) is 4. The minimum atomic E-state index is -0.0394. The molecule has 5 aromatic carbocycles. The van der Waals surface area contributed by atoms with E-state index in [0.29, 0.717) is 126 Å². The van der Waals surface area contributed by atoms with Crippen molar-refractivity contribution in [1.29, 1.82) is 0 Å². The van der Waals surface area contributed by atoms with Crippen LogP contribution in [0.5, 0.6) is 17.2 Å². The van der Waals surface area contributed by atoms with Crippen LogP contribution in [0, 0.1) is 6.92 Å². The number of benzene rings is 5. The Kier molecular flexibility index (Phi) is 17.4. The van der Waals surface area contributed by atoms with Gasteiger partial charge in [-0.3, -0.25) is 14.4 Å². The second kappa shape index (κ2) is 24.6. The van der Waals surface area contributed by atoms with Crippen molar-refractivity contribution in [3.63, 3.8) is 0 Å². The first-order valence-electron chi connectivity index (χ1n) is 26.2. The van der Waals surface area contributed by atoms with E-state index in [9.17, 15) is 14.4 Å². The average molecular weight is 1010 g/mol. The van der Waals surface area contributed by atoms with Crippen LogP contribution in [0.4, 0.5) is 17.1 Å². The Morgan fingerprint density at radius 3 is 2.04 bits per heavy atom. The molecule has 0 fully saturated rings. The number of ketones is 1. The fourth-order valence-corrected chi connectivity index (χ4v) is 10.7. The first kappa shape index (κ1) is 52.2. The number of rotatable bonds is 24. The Hall–Kier alpha value is -6.65. The third-order valence-electron chi connectivity index (χ3n) is 14.7. The molecule has 15 nitrogen and oxygen atoms in total. The van der Waals surface area contributed by atoms with Gasteiger partial charge < -0.3 is 58.7 Å². The Labute approximate surface area is 436 Å². The van der Waals surface area contributed by atoms with Crippen LogP contribution in [-0.2, 0) is 58.2 Å². The van der Waals surface area contributed by atoms with Crippen LogP contribution in [-0.4, -0.2) is 133 Å². The maximum absolute atomic E-state index is 14.3. The molecule has 74 heavy (non-hydrogen) atoms. The van der Waals surface area contributed by atoms with Crippen LogP contribution in [0.25, 0.3) is 0 Å². The van der Waals surface area contributed by atoms with Crippen molar-refractivity contribution < 1.29 is 42.8 Å². The molecule has 4 aliphatic heterocycles. The normalized spacial score (nSPS) is 16.6. The summed E-state index contributed by atoms with van der Waals surface area (Å²) in [6, 6.07) is 30.8. The molecular formula is C59H72N6O9. The summed E-state index contributed by atoms with van der Waals surface area (Å²) >= 11 is 0. The molecule has 2 atom stereocenters. The van der Waals surface area contributed by atoms with Crippen LogP contribution < -0.4 is 34.6 Å². The van der Waals surface area contributed by atoms with E-state index in [-0.39, 0.29) is 42.9 Å². The van der Waals surface area contributed by atoms with Gasteiger partial charge in [0.25, 0.3) is 11.8 Å². The highest BCUT2D eigenvalue weighted by Crippen LogP contribution is 2.40. The van der Waals surface area contributed by atoms with E-state index in [1.807, 2.05) is 54.0 Å². The molecule has 0 aromatic heterocycles. The zero-order valence-corrected chi connectivity index (χ0v) is 43.7. The molecule has 0 saturated carbocycles. The molecule has 15 heteroatoms. The topological polar surface area (TPSA) is 144 Å².